The minimum atomic E-state index is -0.522. The molecule has 2 aromatic heterocycles. The first-order valence-corrected chi connectivity index (χ1v) is 4.57. The van der Waals surface area contributed by atoms with E-state index >= 15 is 0 Å². The van der Waals surface area contributed by atoms with Crippen LogP contribution in [-0.2, 0) is 4.74 Å². The summed E-state index contributed by atoms with van der Waals surface area (Å²) in [6.45, 7) is 0.0244. The van der Waals surface area contributed by atoms with E-state index < -0.39 is 5.97 Å². The third kappa shape index (κ3) is 2.57. The summed E-state index contributed by atoms with van der Waals surface area (Å²) in [5.41, 5.74) is 0. The predicted molar refractivity (Wildman–Crippen MR) is 54.6 cm³/mol. The number of hydrogen-bond acceptors (Lipinski definition) is 6. The molecule has 0 saturated carbocycles. The molecular weight excluding hydrogens is 210 g/mol. The summed E-state index contributed by atoms with van der Waals surface area (Å²) < 4.78 is 9.76. The molecule has 0 aliphatic heterocycles. The van der Waals surface area contributed by atoms with Gasteiger partial charge in [-0.15, -0.1) is 0 Å². The lowest BCUT2D eigenvalue weighted by atomic mass is 10.5. The van der Waals surface area contributed by atoms with Gasteiger partial charge in [0, 0.05) is 6.20 Å². The van der Waals surface area contributed by atoms with Gasteiger partial charge in [-0.25, -0.2) is 14.8 Å². The van der Waals surface area contributed by atoms with E-state index in [-0.39, 0.29) is 12.5 Å². The van der Waals surface area contributed by atoms with Crippen LogP contribution in [0.25, 0.3) is 0 Å². The summed E-state index contributed by atoms with van der Waals surface area (Å²) in [7, 11) is 0. The normalized spacial score (nSPS) is 9.75. The van der Waals surface area contributed by atoms with Crippen molar-refractivity contribution in [2.75, 3.05) is 12.0 Å². The van der Waals surface area contributed by atoms with Crippen molar-refractivity contribution < 1.29 is 13.9 Å². The van der Waals surface area contributed by atoms with Crippen molar-refractivity contribution in [1.82, 2.24) is 9.97 Å². The number of anilines is 1. The Kier molecular flexibility index (Phi) is 3.12. The fourth-order valence-electron chi connectivity index (χ4n) is 1.04. The highest BCUT2D eigenvalue weighted by atomic mass is 16.6. The first kappa shape index (κ1) is 10.2. The van der Waals surface area contributed by atoms with E-state index in [0.29, 0.717) is 5.82 Å². The van der Waals surface area contributed by atoms with Crippen LogP contribution in [0.3, 0.4) is 0 Å². The van der Waals surface area contributed by atoms with Crippen LogP contribution in [0.5, 0.6) is 0 Å². The van der Waals surface area contributed by atoms with Gasteiger partial charge in [-0.1, -0.05) is 0 Å². The lowest BCUT2D eigenvalue weighted by molar-refractivity contribution is 0.0497. The molecule has 2 rings (SSSR count). The Hall–Kier alpha value is -2.37. The van der Waals surface area contributed by atoms with E-state index in [1.807, 2.05) is 0 Å². The van der Waals surface area contributed by atoms with Crippen LogP contribution in [0, 0.1) is 0 Å². The molecule has 2 heterocycles. The highest BCUT2D eigenvalue weighted by molar-refractivity contribution is 5.86. The number of ether oxygens (including phenoxy) is 1. The van der Waals surface area contributed by atoms with Crippen molar-refractivity contribution in [3.63, 3.8) is 0 Å². The van der Waals surface area contributed by atoms with Crippen LogP contribution < -0.4 is 5.32 Å². The Morgan fingerprint density at radius 2 is 2.44 bits per heavy atom. The third-order valence-corrected chi connectivity index (χ3v) is 1.76. The lowest BCUT2D eigenvalue weighted by Crippen LogP contribution is -2.12. The molecule has 0 saturated heterocycles. The Morgan fingerprint density at radius 1 is 1.50 bits per heavy atom. The second kappa shape index (κ2) is 4.92. The maximum absolute atomic E-state index is 11.3. The molecule has 2 aromatic rings. The smallest absolute Gasteiger partial charge is 0.375 e. The molecule has 16 heavy (non-hydrogen) atoms. The van der Waals surface area contributed by atoms with Gasteiger partial charge in [-0.3, -0.25) is 0 Å². The van der Waals surface area contributed by atoms with Crippen LogP contribution in [0.15, 0.2) is 41.4 Å². The van der Waals surface area contributed by atoms with Gasteiger partial charge in [0.15, 0.2) is 6.73 Å². The summed E-state index contributed by atoms with van der Waals surface area (Å²) in [4.78, 5) is 19.0. The van der Waals surface area contributed by atoms with Gasteiger partial charge in [0.1, 0.15) is 12.1 Å². The van der Waals surface area contributed by atoms with E-state index in [9.17, 15) is 4.79 Å². The lowest BCUT2D eigenvalue weighted by Gasteiger charge is -2.04. The molecule has 0 aliphatic rings. The molecule has 6 nitrogen and oxygen atoms in total. The quantitative estimate of drug-likeness (QED) is 0.616. The van der Waals surface area contributed by atoms with E-state index in [2.05, 4.69) is 15.3 Å². The minimum Gasteiger partial charge on any atom is -0.457 e. The summed E-state index contributed by atoms with van der Waals surface area (Å²) in [6.07, 6.45) is 4.40. The highest BCUT2D eigenvalue weighted by Crippen LogP contribution is 2.03. The third-order valence-electron chi connectivity index (χ3n) is 1.76. The SMILES string of the molecule is O=C(OCNc1ccncn1)c1ccco1. The Bertz CT molecular complexity index is 442. The largest absolute Gasteiger partial charge is 0.457 e. The summed E-state index contributed by atoms with van der Waals surface area (Å²) in [5.74, 6) is 0.235. The van der Waals surface area contributed by atoms with Crippen molar-refractivity contribution in [2.24, 2.45) is 0 Å². The minimum absolute atomic E-state index is 0.0244. The zero-order valence-corrected chi connectivity index (χ0v) is 8.29. The molecule has 6 heteroatoms. The van der Waals surface area contributed by atoms with Crippen molar-refractivity contribution in [2.45, 2.75) is 0 Å². The summed E-state index contributed by atoms with van der Waals surface area (Å²) >= 11 is 0. The molecule has 0 atom stereocenters. The standard InChI is InChI=1S/C10H9N3O3/c14-10(8-2-1-5-15-8)16-7-13-9-3-4-11-6-12-9/h1-6H,7H2,(H,11,12,13). The van der Waals surface area contributed by atoms with Gasteiger partial charge in [-0.05, 0) is 18.2 Å². The molecule has 82 valence electrons. The molecule has 0 aliphatic carbocycles. The first-order chi connectivity index (χ1) is 7.86. The number of carbonyl (C=O) groups is 1. The van der Waals surface area contributed by atoms with Gasteiger partial charge in [-0.2, -0.15) is 0 Å². The van der Waals surface area contributed by atoms with E-state index in [1.165, 1.54) is 18.7 Å². The van der Waals surface area contributed by atoms with Crippen LogP contribution in [0.1, 0.15) is 10.6 Å². The average molecular weight is 219 g/mol. The number of aromatic nitrogens is 2. The van der Waals surface area contributed by atoms with E-state index in [1.54, 1.807) is 18.3 Å². The monoisotopic (exact) mass is 219 g/mol. The van der Waals surface area contributed by atoms with Gasteiger partial charge in [0.2, 0.25) is 5.76 Å². The molecule has 0 bridgehead atoms. The number of rotatable bonds is 4. The first-order valence-electron chi connectivity index (χ1n) is 4.57. The van der Waals surface area contributed by atoms with Crippen LogP contribution in [0.2, 0.25) is 0 Å². The number of nitrogens with zero attached hydrogens (tertiary/aromatic N) is 2. The second-order valence-electron chi connectivity index (χ2n) is 2.82. The fraction of sp³-hybridized carbons (Fsp3) is 0.100. The zero-order valence-electron chi connectivity index (χ0n) is 8.29. The second-order valence-corrected chi connectivity index (χ2v) is 2.82. The molecule has 0 unspecified atom stereocenters. The van der Waals surface area contributed by atoms with E-state index in [4.69, 9.17) is 9.15 Å². The van der Waals surface area contributed by atoms with Gasteiger partial charge in [0.25, 0.3) is 0 Å². The predicted octanol–water partition coefficient (Wildman–Crippen LogP) is 1.30. The summed E-state index contributed by atoms with van der Waals surface area (Å²) in [5, 5.41) is 2.80. The van der Waals surface area contributed by atoms with Crippen molar-refractivity contribution in [3.05, 3.63) is 42.7 Å². The maximum Gasteiger partial charge on any atom is 0.375 e. The van der Waals surface area contributed by atoms with Crippen molar-refractivity contribution in [3.8, 4) is 0 Å². The molecule has 0 spiro atoms. The number of hydrogen-bond donors (Lipinski definition) is 1. The van der Waals surface area contributed by atoms with Crippen molar-refractivity contribution in [1.29, 1.82) is 0 Å². The number of nitrogens with one attached hydrogen (secondary N) is 1. The highest BCUT2D eigenvalue weighted by Gasteiger charge is 2.08. The number of carbonyl (C=O) groups excluding carboxylic acids is 1. The van der Waals surface area contributed by atoms with Gasteiger partial charge in [0.05, 0.1) is 6.26 Å². The Balaban J connectivity index is 1.79. The van der Waals surface area contributed by atoms with E-state index in [0.717, 1.165) is 0 Å². The fourth-order valence-corrected chi connectivity index (χ4v) is 1.04. The van der Waals surface area contributed by atoms with Crippen LogP contribution in [0.4, 0.5) is 5.82 Å². The van der Waals surface area contributed by atoms with Gasteiger partial charge < -0.3 is 14.5 Å². The van der Waals surface area contributed by atoms with Crippen molar-refractivity contribution >= 4 is 11.8 Å². The summed E-state index contributed by atoms with van der Waals surface area (Å²) in [6, 6.07) is 4.82. The Labute approximate surface area is 91.3 Å². The van der Waals surface area contributed by atoms with Crippen LogP contribution >= 0.6 is 0 Å². The molecular formula is C10H9N3O3. The Morgan fingerprint density at radius 3 is 3.12 bits per heavy atom. The topological polar surface area (TPSA) is 77.2 Å². The molecule has 1 N–H and O–H groups in total. The van der Waals surface area contributed by atoms with Gasteiger partial charge >= 0.3 is 5.97 Å². The molecule has 0 fully saturated rings. The molecule has 0 amide bonds. The zero-order chi connectivity index (χ0) is 11.2. The van der Waals surface area contributed by atoms with Crippen LogP contribution in [-0.4, -0.2) is 22.7 Å². The molecule has 0 aromatic carbocycles. The number of esters is 1. The average Bonchev–Trinajstić information content (AvgIpc) is 2.84. The molecule has 0 radical (unpaired) electrons. The maximum atomic E-state index is 11.3. The number of furan rings is 1.